The minimum Gasteiger partial charge on any atom is -0.351 e. The van der Waals surface area contributed by atoms with Crippen LogP contribution in [0.15, 0.2) is 0 Å². The van der Waals surface area contributed by atoms with Gasteiger partial charge in [0.2, 0.25) is 0 Å². The summed E-state index contributed by atoms with van der Waals surface area (Å²) in [6.45, 7) is 5.71. The van der Waals surface area contributed by atoms with Gasteiger partial charge in [0.15, 0.2) is 0 Å². The topological polar surface area (TPSA) is 46.3 Å². The Morgan fingerprint density at radius 2 is 1.80 bits per heavy atom. The largest absolute Gasteiger partial charge is 0.351 e. The minimum atomic E-state index is -0.275. The monoisotopic (exact) mass is 146 g/mol. The normalized spacial score (nSPS) is 16.0. The molecule has 10 heavy (non-hydrogen) atoms. The van der Waals surface area contributed by atoms with Gasteiger partial charge in [-0.15, -0.1) is 0 Å². The molecule has 1 aliphatic rings. The van der Waals surface area contributed by atoms with E-state index in [1.807, 2.05) is 13.8 Å². The molecule has 0 aromatic carbocycles. The summed E-state index contributed by atoms with van der Waals surface area (Å²) in [5, 5.41) is 0. The number of hydrogen-bond acceptors (Lipinski definition) is 1. The van der Waals surface area contributed by atoms with E-state index >= 15 is 0 Å². The van der Waals surface area contributed by atoms with Crippen LogP contribution in [0.5, 0.6) is 0 Å². The number of rotatable bonds is 0. The van der Waals surface area contributed by atoms with E-state index in [0.717, 1.165) is 25.9 Å². The summed E-state index contributed by atoms with van der Waals surface area (Å²) in [6, 6.07) is -0.275. The molecule has 1 heterocycles. The van der Waals surface area contributed by atoms with Gasteiger partial charge >= 0.3 is 6.03 Å². The van der Waals surface area contributed by atoms with Gasteiger partial charge in [-0.05, 0) is 12.8 Å². The lowest BCUT2D eigenvalue weighted by atomic mass is 10.4. The Balaban J connectivity index is 0. The number of nitrogens with two attached hydrogens (primary N) is 1. The van der Waals surface area contributed by atoms with Crippen LogP contribution < -0.4 is 5.73 Å². The predicted octanol–water partition coefficient (Wildman–Crippen LogP) is 1.43. The van der Waals surface area contributed by atoms with Gasteiger partial charge in [0.05, 0.1) is 0 Å². The molecule has 2 amide bonds. The third kappa shape index (κ3) is 2.71. The molecule has 0 radical (unpaired) electrons. The summed E-state index contributed by atoms with van der Waals surface area (Å²) in [5.41, 5.74) is 4.98. The van der Waals surface area contributed by atoms with Gasteiger partial charge in [-0.25, -0.2) is 4.79 Å². The molecule has 1 fully saturated rings. The van der Waals surface area contributed by atoms with E-state index in [9.17, 15) is 4.79 Å². The van der Waals surface area contributed by atoms with E-state index in [1.165, 1.54) is 0 Å². The van der Waals surface area contributed by atoms with Crippen molar-refractivity contribution in [3.05, 3.63) is 0 Å². The lowest BCUT2D eigenvalue weighted by Gasteiger charge is -2.09. The van der Waals surface area contributed by atoms with Crippen molar-refractivity contribution >= 4 is 6.03 Å². The third-order valence-electron chi connectivity index (χ3n) is 1.42. The Kier molecular flexibility index (Phi) is 4.72. The summed E-state index contributed by atoms with van der Waals surface area (Å²) >= 11 is 0. The number of hydrogen-bond donors (Lipinski definition) is 1. The first-order valence-electron chi connectivity index (χ1n) is 3.85. The Hall–Kier alpha value is -0.730. The molecule has 0 atom stereocenters. The van der Waals surface area contributed by atoms with Crippen molar-refractivity contribution in [3.63, 3.8) is 0 Å². The van der Waals surface area contributed by atoms with Crippen molar-refractivity contribution in [1.82, 2.24) is 4.90 Å². The van der Waals surface area contributed by atoms with Crippen molar-refractivity contribution in [2.75, 3.05) is 13.1 Å². The first kappa shape index (κ1) is 9.27. The second kappa shape index (κ2) is 5.09. The molecule has 0 spiro atoms. The summed E-state index contributed by atoms with van der Waals surface area (Å²) in [4.78, 5) is 12.0. The SMILES string of the molecule is CC.NC(=O)N1CCCC1.[HH]. The van der Waals surface area contributed by atoms with Gasteiger partial charge in [0, 0.05) is 14.5 Å². The van der Waals surface area contributed by atoms with Gasteiger partial charge in [-0.3, -0.25) is 0 Å². The fraction of sp³-hybridized carbons (Fsp3) is 0.857. The van der Waals surface area contributed by atoms with E-state index in [1.54, 1.807) is 4.90 Å². The number of nitrogens with zero attached hydrogens (tertiary/aromatic N) is 1. The number of carbonyl (C=O) groups excluding carboxylic acids is 1. The standard InChI is InChI=1S/C5H10N2O.C2H6.H2/c6-5(8)7-3-1-2-4-7;1-2;/h1-4H2,(H2,6,8);1-2H3;1H. The number of carbonyl (C=O) groups is 1. The van der Waals surface area contributed by atoms with Crippen molar-refractivity contribution in [2.45, 2.75) is 26.7 Å². The van der Waals surface area contributed by atoms with Crippen LogP contribution in [0, 0.1) is 0 Å². The van der Waals surface area contributed by atoms with Gasteiger partial charge in [0.25, 0.3) is 0 Å². The van der Waals surface area contributed by atoms with Crippen LogP contribution >= 0.6 is 0 Å². The number of urea groups is 1. The van der Waals surface area contributed by atoms with Crippen molar-refractivity contribution < 1.29 is 6.22 Å². The highest BCUT2D eigenvalue weighted by atomic mass is 16.2. The van der Waals surface area contributed by atoms with Gasteiger partial charge < -0.3 is 10.6 Å². The summed E-state index contributed by atoms with van der Waals surface area (Å²) < 4.78 is 0. The van der Waals surface area contributed by atoms with Crippen LogP contribution in [0.2, 0.25) is 0 Å². The molecular formula is C7H18N2O. The Labute approximate surface area is 63.7 Å². The average Bonchev–Trinajstić information content (AvgIpc) is 2.42. The summed E-state index contributed by atoms with van der Waals surface area (Å²) in [7, 11) is 0. The fourth-order valence-corrected chi connectivity index (χ4v) is 0.938. The number of primary amides is 1. The molecule has 1 aliphatic heterocycles. The second-order valence-electron chi connectivity index (χ2n) is 2.03. The van der Waals surface area contributed by atoms with E-state index in [2.05, 4.69) is 0 Å². The highest BCUT2D eigenvalue weighted by Crippen LogP contribution is 2.05. The molecule has 0 saturated carbocycles. The lowest BCUT2D eigenvalue weighted by molar-refractivity contribution is 0.218. The Morgan fingerprint density at radius 3 is 2.00 bits per heavy atom. The zero-order valence-electron chi connectivity index (χ0n) is 6.76. The predicted molar refractivity (Wildman–Crippen MR) is 43.9 cm³/mol. The molecule has 62 valence electrons. The van der Waals surface area contributed by atoms with Gasteiger partial charge in [-0.2, -0.15) is 0 Å². The molecular weight excluding hydrogens is 128 g/mol. The highest BCUT2D eigenvalue weighted by Gasteiger charge is 2.13. The molecule has 0 bridgehead atoms. The van der Waals surface area contributed by atoms with Crippen LogP contribution in [0.3, 0.4) is 0 Å². The van der Waals surface area contributed by atoms with E-state index in [0.29, 0.717) is 0 Å². The summed E-state index contributed by atoms with van der Waals surface area (Å²) in [5.74, 6) is 0. The molecule has 3 nitrogen and oxygen atoms in total. The maximum atomic E-state index is 10.3. The quantitative estimate of drug-likeness (QED) is 0.552. The first-order chi connectivity index (χ1) is 4.80. The molecule has 1 saturated heterocycles. The van der Waals surface area contributed by atoms with E-state index in [4.69, 9.17) is 5.73 Å². The van der Waals surface area contributed by atoms with E-state index < -0.39 is 0 Å². The molecule has 1 rings (SSSR count). The van der Waals surface area contributed by atoms with Crippen LogP contribution in [0.4, 0.5) is 4.79 Å². The molecule has 0 aromatic heterocycles. The number of likely N-dealkylation sites (tertiary alicyclic amines) is 1. The van der Waals surface area contributed by atoms with Crippen molar-refractivity contribution in [1.29, 1.82) is 0 Å². The van der Waals surface area contributed by atoms with Crippen LogP contribution in [-0.4, -0.2) is 24.0 Å². The third-order valence-corrected chi connectivity index (χ3v) is 1.42. The molecule has 0 aliphatic carbocycles. The smallest absolute Gasteiger partial charge is 0.314 e. The average molecular weight is 146 g/mol. The van der Waals surface area contributed by atoms with Crippen molar-refractivity contribution in [3.8, 4) is 0 Å². The fourth-order valence-electron chi connectivity index (χ4n) is 0.938. The van der Waals surface area contributed by atoms with Crippen LogP contribution in [0.25, 0.3) is 0 Å². The molecule has 0 aromatic rings. The molecule has 3 heteroatoms. The maximum absolute atomic E-state index is 10.3. The van der Waals surface area contributed by atoms with Gasteiger partial charge in [-0.1, -0.05) is 13.8 Å². The van der Waals surface area contributed by atoms with Crippen molar-refractivity contribution in [2.24, 2.45) is 5.73 Å². The first-order valence-corrected chi connectivity index (χ1v) is 3.85. The lowest BCUT2D eigenvalue weighted by Crippen LogP contribution is -2.32. The number of amides is 2. The Morgan fingerprint density at radius 1 is 1.40 bits per heavy atom. The Bertz CT molecular complexity index is 103. The highest BCUT2D eigenvalue weighted by molar-refractivity contribution is 5.72. The molecule has 0 unspecified atom stereocenters. The second-order valence-corrected chi connectivity index (χ2v) is 2.03. The summed E-state index contributed by atoms with van der Waals surface area (Å²) in [6.07, 6.45) is 2.23. The zero-order valence-corrected chi connectivity index (χ0v) is 6.76. The van der Waals surface area contributed by atoms with Gasteiger partial charge in [0.1, 0.15) is 0 Å². The minimum absolute atomic E-state index is 0. The zero-order chi connectivity index (χ0) is 7.98. The molecule has 2 N–H and O–H groups in total. The van der Waals surface area contributed by atoms with Crippen LogP contribution in [-0.2, 0) is 0 Å². The van der Waals surface area contributed by atoms with E-state index in [-0.39, 0.29) is 7.46 Å². The maximum Gasteiger partial charge on any atom is 0.314 e. The van der Waals surface area contributed by atoms with Crippen LogP contribution in [0.1, 0.15) is 28.1 Å².